The number of benzene rings is 1. The van der Waals surface area contributed by atoms with Crippen LogP contribution < -0.4 is 14.9 Å². The molecule has 1 aromatic carbocycles. The van der Waals surface area contributed by atoms with Crippen LogP contribution in [-0.4, -0.2) is 35.2 Å². The van der Waals surface area contributed by atoms with Crippen molar-refractivity contribution in [3.63, 3.8) is 0 Å². The molecule has 1 aromatic heterocycles. The van der Waals surface area contributed by atoms with Crippen LogP contribution in [0.1, 0.15) is 5.76 Å². The van der Waals surface area contributed by atoms with Crippen molar-refractivity contribution in [1.29, 1.82) is 0 Å². The summed E-state index contributed by atoms with van der Waals surface area (Å²) in [4.78, 5) is 12.3. The summed E-state index contributed by atoms with van der Waals surface area (Å²) < 4.78 is 17.4. The van der Waals surface area contributed by atoms with Crippen LogP contribution in [0.4, 0.5) is 0 Å². The zero-order chi connectivity index (χ0) is 15.1. The van der Waals surface area contributed by atoms with E-state index in [0.29, 0.717) is 51.9 Å². The predicted molar refractivity (Wildman–Crippen MR) is 90.7 cm³/mol. The summed E-state index contributed by atoms with van der Waals surface area (Å²) >= 11 is 3.76. The third-order valence-electron chi connectivity index (χ3n) is 3.56. The van der Waals surface area contributed by atoms with E-state index in [1.54, 1.807) is 13.0 Å². The molecule has 0 radical (unpaired) electrons. The van der Waals surface area contributed by atoms with Crippen molar-refractivity contribution in [3.05, 3.63) is 34.2 Å². The molecule has 0 amide bonds. The zero-order valence-corrected chi connectivity index (χ0v) is 13.8. The third-order valence-corrected chi connectivity index (χ3v) is 5.44. The first-order valence-corrected chi connectivity index (χ1v) is 9.36. The second-order valence-electron chi connectivity index (χ2n) is 5.55. The number of fused-ring (bicyclic) bond motifs is 1. The number of aryl methyl sites for hydroxylation is 1. The molecular weight excluding hydrogens is 320 g/mol. The van der Waals surface area contributed by atoms with E-state index in [4.69, 9.17) is 13.9 Å². The molecule has 2 atom stereocenters. The van der Waals surface area contributed by atoms with Crippen LogP contribution in [0.3, 0.4) is 0 Å². The fourth-order valence-corrected chi connectivity index (χ4v) is 3.04. The highest BCUT2D eigenvalue weighted by Gasteiger charge is 2.25. The summed E-state index contributed by atoms with van der Waals surface area (Å²) in [5.74, 6) is 4.14. The number of hydrogen-bond acceptors (Lipinski definition) is 6. The first-order chi connectivity index (χ1) is 10.7. The highest BCUT2D eigenvalue weighted by atomic mass is 32.2. The van der Waals surface area contributed by atoms with Crippen molar-refractivity contribution in [1.82, 2.24) is 0 Å². The van der Waals surface area contributed by atoms with Gasteiger partial charge in [0.05, 0.1) is 0 Å². The lowest BCUT2D eigenvalue weighted by molar-refractivity contribution is 0.315. The molecule has 4 rings (SSSR count). The van der Waals surface area contributed by atoms with Gasteiger partial charge in [-0.1, -0.05) is 0 Å². The monoisotopic (exact) mass is 336 g/mol. The molecule has 4 nitrogen and oxygen atoms in total. The fourth-order valence-electron chi connectivity index (χ4n) is 2.25. The van der Waals surface area contributed by atoms with Crippen molar-refractivity contribution in [2.24, 2.45) is 0 Å². The van der Waals surface area contributed by atoms with E-state index in [-0.39, 0.29) is 5.43 Å². The molecule has 22 heavy (non-hydrogen) atoms. The summed E-state index contributed by atoms with van der Waals surface area (Å²) in [6.45, 7) is 3.08. The van der Waals surface area contributed by atoms with Crippen LogP contribution in [0.25, 0.3) is 11.0 Å². The molecule has 0 bridgehead atoms. The number of rotatable bonds is 6. The van der Waals surface area contributed by atoms with Crippen LogP contribution in [0.2, 0.25) is 0 Å². The van der Waals surface area contributed by atoms with Crippen molar-refractivity contribution < 1.29 is 13.9 Å². The van der Waals surface area contributed by atoms with Gasteiger partial charge in [-0.25, -0.2) is 0 Å². The standard InChI is InChI=1S/C16H16O4S2/c1-9-2-13(17)16-14(19-6-12-8-22-12)3-10(4-15(16)20-9)18-5-11-7-21-11/h2-4,11-12H,5-8H2,1H3. The van der Waals surface area contributed by atoms with Crippen molar-refractivity contribution in [2.75, 3.05) is 24.7 Å². The van der Waals surface area contributed by atoms with E-state index in [0.717, 1.165) is 11.5 Å². The molecule has 2 unspecified atom stereocenters. The summed E-state index contributed by atoms with van der Waals surface area (Å²) in [6, 6.07) is 5.10. The van der Waals surface area contributed by atoms with Gasteiger partial charge >= 0.3 is 0 Å². The number of thioether (sulfide) groups is 2. The quantitative estimate of drug-likeness (QED) is 0.756. The molecule has 2 aliphatic heterocycles. The highest BCUT2D eigenvalue weighted by molar-refractivity contribution is 8.07. The Bertz CT molecular complexity index is 763. The summed E-state index contributed by atoms with van der Waals surface area (Å²) in [5.41, 5.74) is 0.464. The zero-order valence-electron chi connectivity index (χ0n) is 12.2. The average Bonchev–Trinajstić information content (AvgIpc) is 3.36. The maximum absolute atomic E-state index is 12.3. The van der Waals surface area contributed by atoms with Gasteiger partial charge in [0.2, 0.25) is 0 Å². The fraction of sp³-hybridized carbons (Fsp3) is 0.438. The Morgan fingerprint density at radius 1 is 1.14 bits per heavy atom. The Hall–Kier alpha value is -1.27. The molecule has 0 saturated carbocycles. The topological polar surface area (TPSA) is 48.7 Å². The maximum Gasteiger partial charge on any atom is 0.196 e. The molecule has 0 spiro atoms. The molecule has 2 aliphatic rings. The van der Waals surface area contributed by atoms with Gasteiger partial charge in [0.25, 0.3) is 0 Å². The molecule has 116 valence electrons. The molecule has 6 heteroatoms. The van der Waals surface area contributed by atoms with Crippen LogP contribution >= 0.6 is 23.5 Å². The lowest BCUT2D eigenvalue weighted by Crippen LogP contribution is -2.09. The Balaban J connectivity index is 1.71. The number of ether oxygens (including phenoxy) is 2. The highest BCUT2D eigenvalue weighted by Crippen LogP contribution is 2.35. The molecule has 0 N–H and O–H groups in total. The van der Waals surface area contributed by atoms with Crippen LogP contribution in [-0.2, 0) is 0 Å². The Morgan fingerprint density at radius 2 is 1.82 bits per heavy atom. The van der Waals surface area contributed by atoms with Gasteiger partial charge in [0, 0.05) is 40.2 Å². The minimum Gasteiger partial charge on any atom is -0.492 e. The first kappa shape index (κ1) is 14.3. The second-order valence-corrected chi connectivity index (χ2v) is 8.22. The van der Waals surface area contributed by atoms with Gasteiger partial charge in [-0.2, -0.15) is 23.5 Å². The van der Waals surface area contributed by atoms with Gasteiger partial charge in [-0.05, 0) is 6.92 Å². The summed E-state index contributed by atoms with van der Waals surface area (Å²) in [5, 5.41) is 1.64. The predicted octanol–water partition coefficient (Wildman–Crippen LogP) is 3.09. The lowest BCUT2D eigenvalue weighted by atomic mass is 10.2. The van der Waals surface area contributed by atoms with Crippen molar-refractivity contribution in [2.45, 2.75) is 17.4 Å². The SMILES string of the molecule is Cc1cc(=O)c2c(OCC3CS3)cc(OCC3CS3)cc2o1. The van der Waals surface area contributed by atoms with Crippen molar-refractivity contribution in [3.8, 4) is 11.5 Å². The van der Waals surface area contributed by atoms with E-state index in [9.17, 15) is 4.79 Å². The Kier molecular flexibility index (Phi) is 3.74. The summed E-state index contributed by atoms with van der Waals surface area (Å²) in [6.07, 6.45) is 0. The third kappa shape index (κ3) is 3.22. The average molecular weight is 336 g/mol. The molecule has 3 heterocycles. The largest absolute Gasteiger partial charge is 0.492 e. The van der Waals surface area contributed by atoms with E-state index in [2.05, 4.69) is 0 Å². The maximum atomic E-state index is 12.3. The van der Waals surface area contributed by atoms with Gasteiger partial charge in [0.1, 0.15) is 41.4 Å². The first-order valence-electron chi connectivity index (χ1n) is 7.26. The normalized spacial score (nSPS) is 22.6. The van der Waals surface area contributed by atoms with E-state index >= 15 is 0 Å². The Labute approximate surface area is 136 Å². The molecule has 0 aliphatic carbocycles. The van der Waals surface area contributed by atoms with Crippen LogP contribution in [0, 0.1) is 6.92 Å². The van der Waals surface area contributed by atoms with Gasteiger partial charge < -0.3 is 13.9 Å². The van der Waals surface area contributed by atoms with Gasteiger partial charge in [-0.3, -0.25) is 4.79 Å². The lowest BCUT2D eigenvalue weighted by Gasteiger charge is -2.11. The molecule has 2 saturated heterocycles. The second kappa shape index (κ2) is 5.74. The van der Waals surface area contributed by atoms with Gasteiger partial charge in [0.15, 0.2) is 5.43 Å². The smallest absolute Gasteiger partial charge is 0.196 e. The minimum atomic E-state index is -0.0681. The molecular formula is C16H16O4S2. The van der Waals surface area contributed by atoms with Crippen molar-refractivity contribution >= 4 is 34.5 Å². The van der Waals surface area contributed by atoms with E-state index in [1.807, 2.05) is 29.6 Å². The van der Waals surface area contributed by atoms with Gasteiger partial charge in [-0.15, -0.1) is 0 Å². The number of hydrogen-bond donors (Lipinski definition) is 0. The molecule has 2 aromatic rings. The minimum absolute atomic E-state index is 0.0681. The van der Waals surface area contributed by atoms with Crippen LogP contribution in [0.5, 0.6) is 11.5 Å². The van der Waals surface area contributed by atoms with E-state index in [1.165, 1.54) is 6.07 Å². The Morgan fingerprint density at radius 3 is 2.50 bits per heavy atom. The van der Waals surface area contributed by atoms with E-state index < -0.39 is 0 Å². The molecule has 2 fully saturated rings. The summed E-state index contributed by atoms with van der Waals surface area (Å²) in [7, 11) is 0. The van der Waals surface area contributed by atoms with Crippen LogP contribution in [0.15, 0.2) is 27.4 Å².